The van der Waals surface area contributed by atoms with Gasteiger partial charge in [0.2, 0.25) is 0 Å². The molecule has 2 rings (SSSR count). The third-order valence-corrected chi connectivity index (χ3v) is 4.46. The number of guanidine groups is 1. The Balaban J connectivity index is 0.00000200. The second-order valence-electron chi connectivity index (χ2n) is 4.94. The van der Waals surface area contributed by atoms with E-state index >= 15 is 0 Å². The molecule has 0 heterocycles. The van der Waals surface area contributed by atoms with Crippen LogP contribution in [-0.2, 0) is 6.42 Å². The third-order valence-electron chi connectivity index (χ3n) is 3.45. The molecule has 1 fully saturated rings. The molecule has 0 unspecified atom stereocenters. The molecule has 0 aromatic heterocycles. The predicted molar refractivity (Wildman–Crippen MR) is 100 cm³/mol. The lowest BCUT2D eigenvalue weighted by atomic mass is 9.86. The van der Waals surface area contributed by atoms with Crippen molar-refractivity contribution in [1.82, 2.24) is 5.32 Å². The van der Waals surface area contributed by atoms with Crippen molar-refractivity contribution in [2.75, 3.05) is 13.1 Å². The smallest absolute Gasteiger partial charge is 0.188 e. The fourth-order valence-corrected chi connectivity index (χ4v) is 2.66. The molecule has 1 saturated carbocycles. The second-order valence-corrected chi connectivity index (χ2v) is 6.23. The average molecular weight is 473 g/mol. The molecule has 0 bridgehead atoms. The van der Waals surface area contributed by atoms with Crippen LogP contribution in [0.4, 0.5) is 0 Å². The van der Waals surface area contributed by atoms with Crippen molar-refractivity contribution in [2.24, 2.45) is 16.6 Å². The average Bonchev–Trinajstić information content (AvgIpc) is 2.31. The van der Waals surface area contributed by atoms with Crippen molar-refractivity contribution >= 4 is 57.5 Å². The molecule has 1 aliphatic rings. The van der Waals surface area contributed by atoms with Gasteiger partial charge >= 0.3 is 0 Å². The van der Waals surface area contributed by atoms with Crippen LogP contribution in [0.1, 0.15) is 24.8 Å². The highest BCUT2D eigenvalue weighted by Crippen LogP contribution is 2.26. The Hall–Kier alpha value is -0.0100. The Morgan fingerprint density at radius 2 is 2.20 bits per heavy atom. The SMILES string of the molecule is I.NC(=NCC1CCC1)NCCc1cc(Cl)ccc1Br. The normalized spacial score (nSPS) is 15.4. The van der Waals surface area contributed by atoms with Crippen LogP contribution in [0.15, 0.2) is 27.7 Å². The van der Waals surface area contributed by atoms with Crippen molar-refractivity contribution in [2.45, 2.75) is 25.7 Å². The van der Waals surface area contributed by atoms with Gasteiger partial charge in [-0.3, -0.25) is 4.99 Å². The Bertz CT molecular complexity index is 464. The van der Waals surface area contributed by atoms with Crippen LogP contribution in [-0.4, -0.2) is 19.0 Å². The summed E-state index contributed by atoms with van der Waals surface area (Å²) in [5.41, 5.74) is 7.01. The van der Waals surface area contributed by atoms with E-state index in [1.165, 1.54) is 24.8 Å². The lowest BCUT2D eigenvalue weighted by Gasteiger charge is -2.23. The van der Waals surface area contributed by atoms with Crippen molar-refractivity contribution < 1.29 is 0 Å². The van der Waals surface area contributed by atoms with Crippen LogP contribution in [0.2, 0.25) is 5.02 Å². The standard InChI is InChI=1S/C14H19BrClN3.HI/c15-13-5-4-12(16)8-11(13)6-7-18-14(17)19-9-10-2-1-3-10;/h4-5,8,10H,1-3,6-7,9H2,(H3,17,18,19);1H. The fraction of sp³-hybridized carbons (Fsp3) is 0.500. The third kappa shape index (κ3) is 5.77. The van der Waals surface area contributed by atoms with Gasteiger partial charge in [0.15, 0.2) is 5.96 Å². The predicted octanol–water partition coefficient (Wildman–Crippen LogP) is 3.97. The lowest BCUT2D eigenvalue weighted by Crippen LogP contribution is -2.34. The van der Waals surface area contributed by atoms with E-state index in [9.17, 15) is 0 Å². The molecule has 1 aromatic rings. The number of nitrogens with zero attached hydrogens (tertiary/aromatic N) is 1. The molecule has 1 aliphatic carbocycles. The molecule has 0 aliphatic heterocycles. The summed E-state index contributed by atoms with van der Waals surface area (Å²) in [6.07, 6.45) is 4.80. The Morgan fingerprint density at radius 3 is 2.85 bits per heavy atom. The Kier molecular flexibility index (Phi) is 8.21. The first kappa shape index (κ1) is 18.0. The molecule has 3 N–H and O–H groups in total. The summed E-state index contributed by atoms with van der Waals surface area (Å²) < 4.78 is 1.07. The van der Waals surface area contributed by atoms with E-state index in [2.05, 4.69) is 26.2 Å². The summed E-state index contributed by atoms with van der Waals surface area (Å²) in [5, 5.41) is 3.90. The molecule has 3 nitrogen and oxygen atoms in total. The molecule has 6 heteroatoms. The zero-order valence-corrected chi connectivity index (χ0v) is 15.9. The highest BCUT2D eigenvalue weighted by atomic mass is 127. The van der Waals surface area contributed by atoms with Gasteiger partial charge in [-0.15, -0.1) is 24.0 Å². The maximum absolute atomic E-state index is 5.98. The Labute approximate surface area is 150 Å². The molecule has 0 amide bonds. The van der Waals surface area contributed by atoms with Gasteiger partial charge in [0.05, 0.1) is 0 Å². The maximum Gasteiger partial charge on any atom is 0.188 e. The molecule has 0 atom stereocenters. The van der Waals surface area contributed by atoms with Crippen LogP contribution in [0.3, 0.4) is 0 Å². The molecule has 1 aromatic carbocycles. The number of halogens is 3. The van der Waals surface area contributed by atoms with E-state index in [4.69, 9.17) is 17.3 Å². The summed E-state index contributed by atoms with van der Waals surface area (Å²) >= 11 is 9.49. The topological polar surface area (TPSA) is 50.4 Å². The second kappa shape index (κ2) is 9.10. The lowest BCUT2D eigenvalue weighted by molar-refractivity contribution is 0.326. The van der Waals surface area contributed by atoms with E-state index in [-0.39, 0.29) is 24.0 Å². The first-order chi connectivity index (χ1) is 9.15. The quantitative estimate of drug-likeness (QED) is 0.387. The number of hydrogen-bond acceptors (Lipinski definition) is 1. The summed E-state index contributed by atoms with van der Waals surface area (Å²) in [7, 11) is 0. The van der Waals surface area contributed by atoms with E-state index in [1.807, 2.05) is 18.2 Å². The minimum absolute atomic E-state index is 0. The minimum Gasteiger partial charge on any atom is -0.370 e. The van der Waals surface area contributed by atoms with E-state index < -0.39 is 0 Å². The van der Waals surface area contributed by atoms with Crippen LogP contribution in [0.25, 0.3) is 0 Å². The van der Waals surface area contributed by atoms with Gasteiger partial charge in [-0.2, -0.15) is 0 Å². The molecule has 0 spiro atoms. The van der Waals surface area contributed by atoms with Gasteiger partial charge < -0.3 is 11.1 Å². The van der Waals surface area contributed by atoms with Crippen molar-refractivity contribution in [3.05, 3.63) is 33.3 Å². The zero-order chi connectivity index (χ0) is 13.7. The molecular formula is C14H20BrClIN3. The van der Waals surface area contributed by atoms with Gasteiger partial charge in [0, 0.05) is 22.6 Å². The highest BCUT2D eigenvalue weighted by molar-refractivity contribution is 14.0. The van der Waals surface area contributed by atoms with Gasteiger partial charge in [-0.05, 0) is 48.9 Å². The summed E-state index contributed by atoms with van der Waals surface area (Å²) in [6.45, 7) is 1.62. The van der Waals surface area contributed by atoms with Crippen LogP contribution < -0.4 is 11.1 Å². The number of nitrogens with two attached hydrogens (primary N) is 1. The molecular weight excluding hydrogens is 452 g/mol. The maximum atomic E-state index is 5.98. The largest absolute Gasteiger partial charge is 0.370 e. The van der Waals surface area contributed by atoms with Crippen LogP contribution >= 0.6 is 51.5 Å². The van der Waals surface area contributed by atoms with E-state index in [0.29, 0.717) is 5.96 Å². The number of aliphatic imine (C=N–C) groups is 1. The number of benzene rings is 1. The van der Waals surface area contributed by atoms with Gasteiger partial charge in [0.1, 0.15) is 0 Å². The molecule has 112 valence electrons. The zero-order valence-electron chi connectivity index (χ0n) is 11.2. The first-order valence-electron chi connectivity index (χ1n) is 6.63. The highest BCUT2D eigenvalue weighted by Gasteiger charge is 2.16. The summed E-state index contributed by atoms with van der Waals surface area (Å²) in [6, 6.07) is 5.80. The van der Waals surface area contributed by atoms with Crippen molar-refractivity contribution in [1.29, 1.82) is 0 Å². The summed E-state index contributed by atoms with van der Waals surface area (Å²) in [5.74, 6) is 1.30. The first-order valence-corrected chi connectivity index (χ1v) is 7.80. The van der Waals surface area contributed by atoms with Crippen molar-refractivity contribution in [3.8, 4) is 0 Å². The molecule has 20 heavy (non-hydrogen) atoms. The van der Waals surface area contributed by atoms with Gasteiger partial charge in [-0.1, -0.05) is 34.0 Å². The summed E-state index contributed by atoms with van der Waals surface area (Å²) in [4.78, 5) is 4.36. The van der Waals surface area contributed by atoms with Crippen LogP contribution in [0, 0.1) is 5.92 Å². The molecule has 0 saturated heterocycles. The monoisotopic (exact) mass is 471 g/mol. The molecule has 0 radical (unpaired) electrons. The van der Waals surface area contributed by atoms with E-state index in [0.717, 1.165) is 34.9 Å². The van der Waals surface area contributed by atoms with Gasteiger partial charge in [0.25, 0.3) is 0 Å². The number of rotatable bonds is 5. The van der Waals surface area contributed by atoms with E-state index in [1.54, 1.807) is 0 Å². The van der Waals surface area contributed by atoms with Crippen molar-refractivity contribution in [3.63, 3.8) is 0 Å². The van der Waals surface area contributed by atoms with Crippen LogP contribution in [0.5, 0.6) is 0 Å². The fourth-order valence-electron chi connectivity index (χ4n) is 2.02. The number of hydrogen-bond donors (Lipinski definition) is 2. The minimum atomic E-state index is 0. The number of nitrogens with one attached hydrogen (secondary N) is 1. The Morgan fingerprint density at radius 1 is 1.45 bits per heavy atom. The van der Waals surface area contributed by atoms with Gasteiger partial charge in [-0.25, -0.2) is 0 Å².